The summed E-state index contributed by atoms with van der Waals surface area (Å²) in [5, 5.41) is 2.93. The third-order valence-electron chi connectivity index (χ3n) is 2.84. The smallest absolute Gasteiger partial charge is 0.264 e. The Morgan fingerprint density at radius 2 is 2.00 bits per heavy atom. The number of hydrazine groups is 1. The van der Waals surface area contributed by atoms with Crippen LogP contribution >= 0.6 is 0 Å². The molecule has 0 heterocycles. The number of carbonyl (C=O) groups excluding carboxylic acids is 1. The summed E-state index contributed by atoms with van der Waals surface area (Å²) in [4.78, 5) is 21.6. The van der Waals surface area contributed by atoms with Crippen molar-refractivity contribution in [2.24, 2.45) is 11.0 Å². The molecule has 0 bridgehead atoms. The van der Waals surface area contributed by atoms with Gasteiger partial charge < -0.3 is 0 Å². The molecular weight excluding hydrogens is 230 g/mol. The van der Waals surface area contributed by atoms with Crippen molar-refractivity contribution in [2.75, 3.05) is 0 Å². The second-order valence-corrected chi connectivity index (χ2v) is 3.97. The number of nitrogens with one attached hydrogen (secondary N) is 1. The Balaban J connectivity index is 2.14. The minimum Gasteiger partial charge on any atom is -0.290 e. The van der Waals surface area contributed by atoms with E-state index in [4.69, 9.17) is 5.84 Å². The molecule has 0 aromatic heterocycles. The predicted octanol–water partition coefficient (Wildman–Crippen LogP) is 1.42. The van der Waals surface area contributed by atoms with E-state index in [1.807, 2.05) is 24.3 Å². The van der Waals surface area contributed by atoms with Crippen LogP contribution in [0.4, 0.5) is 0 Å². The topological polar surface area (TPSA) is 84.5 Å². The van der Waals surface area contributed by atoms with Crippen LogP contribution in [0.25, 0.3) is 0 Å². The maximum Gasteiger partial charge on any atom is 0.264 e. The first-order chi connectivity index (χ1) is 8.74. The van der Waals surface area contributed by atoms with Gasteiger partial charge >= 0.3 is 0 Å². The van der Waals surface area contributed by atoms with Crippen molar-refractivity contribution in [1.29, 1.82) is 0 Å². The van der Waals surface area contributed by atoms with Gasteiger partial charge in [-0.2, -0.15) is 0 Å². The van der Waals surface area contributed by atoms with E-state index < -0.39 is 0 Å². The van der Waals surface area contributed by atoms with Gasteiger partial charge in [0.1, 0.15) is 6.04 Å². The van der Waals surface area contributed by atoms with Crippen molar-refractivity contribution in [3.05, 3.63) is 64.2 Å². The van der Waals surface area contributed by atoms with E-state index in [9.17, 15) is 9.70 Å². The second-order valence-electron chi connectivity index (χ2n) is 3.97. The number of hydrogen-bond acceptors (Lipinski definition) is 4. The molecule has 0 radical (unpaired) electrons. The van der Waals surface area contributed by atoms with E-state index in [0.29, 0.717) is 12.0 Å². The predicted molar refractivity (Wildman–Crippen MR) is 69.1 cm³/mol. The molecule has 0 aromatic rings. The molecule has 5 heteroatoms. The highest BCUT2D eigenvalue weighted by Crippen LogP contribution is 2.23. The lowest BCUT2D eigenvalue weighted by Gasteiger charge is -2.12. The lowest BCUT2D eigenvalue weighted by atomic mass is 9.94. The first-order valence-electron chi connectivity index (χ1n) is 5.56. The molecule has 0 saturated carbocycles. The van der Waals surface area contributed by atoms with Crippen molar-refractivity contribution < 1.29 is 4.79 Å². The molecule has 2 aliphatic rings. The maximum absolute atomic E-state index is 11.3. The third-order valence-corrected chi connectivity index (χ3v) is 2.84. The average molecular weight is 243 g/mol. The van der Waals surface area contributed by atoms with E-state index in [0.717, 1.165) is 11.1 Å². The molecule has 0 aliphatic heterocycles. The maximum atomic E-state index is 11.3. The molecule has 3 N–H and O–H groups in total. The number of hydrogen-bond donors (Lipinski definition) is 2. The van der Waals surface area contributed by atoms with Crippen LogP contribution in [0.2, 0.25) is 0 Å². The van der Waals surface area contributed by atoms with Gasteiger partial charge in [-0.1, -0.05) is 41.6 Å². The van der Waals surface area contributed by atoms with Gasteiger partial charge in [0, 0.05) is 5.57 Å². The first-order valence-corrected chi connectivity index (χ1v) is 5.56. The molecule has 0 fully saturated rings. The van der Waals surface area contributed by atoms with Crippen LogP contribution in [0.5, 0.6) is 0 Å². The van der Waals surface area contributed by atoms with Crippen molar-refractivity contribution in [1.82, 2.24) is 5.43 Å². The highest BCUT2D eigenvalue weighted by Gasteiger charge is 2.11. The van der Waals surface area contributed by atoms with Crippen molar-refractivity contribution in [3.63, 3.8) is 0 Å². The summed E-state index contributed by atoms with van der Waals surface area (Å²) >= 11 is 0. The standard InChI is InChI=1S/C13H13N3O2/c14-15-13(17)11-3-1-9(2-4-11)10-5-7-12(16-18)8-6-10/h1,3-8,12H,2,14H2,(H,15,17). The van der Waals surface area contributed by atoms with Gasteiger partial charge in [0.15, 0.2) is 0 Å². The highest BCUT2D eigenvalue weighted by molar-refractivity contribution is 5.96. The fourth-order valence-electron chi connectivity index (χ4n) is 1.82. The lowest BCUT2D eigenvalue weighted by molar-refractivity contribution is -0.117. The van der Waals surface area contributed by atoms with Crippen LogP contribution in [-0.2, 0) is 4.79 Å². The molecule has 0 atom stereocenters. The molecule has 18 heavy (non-hydrogen) atoms. The monoisotopic (exact) mass is 243 g/mol. The molecule has 0 aromatic carbocycles. The fourth-order valence-corrected chi connectivity index (χ4v) is 1.82. The molecule has 92 valence electrons. The molecule has 2 rings (SSSR count). The van der Waals surface area contributed by atoms with Crippen LogP contribution in [0.1, 0.15) is 6.42 Å². The van der Waals surface area contributed by atoms with E-state index in [2.05, 4.69) is 10.6 Å². The fraction of sp³-hybridized carbons (Fsp3) is 0.154. The Morgan fingerprint density at radius 3 is 2.50 bits per heavy atom. The molecule has 5 nitrogen and oxygen atoms in total. The average Bonchev–Trinajstić information content (AvgIpc) is 2.47. The van der Waals surface area contributed by atoms with Gasteiger partial charge in [0.25, 0.3) is 5.91 Å². The van der Waals surface area contributed by atoms with Gasteiger partial charge in [-0.25, -0.2) is 5.84 Å². The summed E-state index contributed by atoms with van der Waals surface area (Å²) < 4.78 is 0. The minimum absolute atomic E-state index is 0.296. The quantitative estimate of drug-likeness (QED) is 0.333. The highest BCUT2D eigenvalue weighted by atomic mass is 16.3. The number of allylic oxidation sites excluding steroid dienone is 6. The summed E-state index contributed by atoms with van der Waals surface area (Å²) in [6, 6.07) is -0.379. The third kappa shape index (κ3) is 2.52. The van der Waals surface area contributed by atoms with E-state index in [1.54, 1.807) is 18.2 Å². The molecule has 2 aliphatic carbocycles. The van der Waals surface area contributed by atoms with Crippen LogP contribution in [0.3, 0.4) is 0 Å². The van der Waals surface area contributed by atoms with Crippen molar-refractivity contribution >= 4 is 5.91 Å². The number of nitrogens with two attached hydrogens (primary N) is 1. The van der Waals surface area contributed by atoms with Gasteiger partial charge in [-0.3, -0.25) is 10.2 Å². The Hall–Kier alpha value is -2.27. The van der Waals surface area contributed by atoms with E-state index in [1.165, 1.54) is 0 Å². The number of carbonyl (C=O) groups is 1. The summed E-state index contributed by atoms with van der Waals surface area (Å²) in [7, 11) is 0. The van der Waals surface area contributed by atoms with Crippen LogP contribution in [0, 0.1) is 4.91 Å². The SMILES string of the molecule is NNC(=O)C1=CCC(=C2C=CC(N=O)C=C2)C=C1. The van der Waals surface area contributed by atoms with Gasteiger partial charge in [0.05, 0.1) is 0 Å². The largest absolute Gasteiger partial charge is 0.290 e. The molecule has 0 spiro atoms. The number of amides is 1. The normalized spacial score (nSPS) is 21.8. The van der Waals surface area contributed by atoms with Crippen LogP contribution in [-0.4, -0.2) is 11.9 Å². The molecule has 0 unspecified atom stereocenters. The zero-order valence-corrected chi connectivity index (χ0v) is 9.67. The zero-order chi connectivity index (χ0) is 13.0. The van der Waals surface area contributed by atoms with Crippen LogP contribution < -0.4 is 11.3 Å². The summed E-state index contributed by atoms with van der Waals surface area (Å²) in [5.74, 6) is 4.77. The Morgan fingerprint density at radius 1 is 1.28 bits per heavy atom. The summed E-state index contributed by atoms with van der Waals surface area (Å²) in [5.41, 5.74) is 4.75. The van der Waals surface area contributed by atoms with Crippen molar-refractivity contribution in [3.8, 4) is 0 Å². The van der Waals surface area contributed by atoms with Gasteiger partial charge in [-0.15, -0.1) is 4.91 Å². The van der Waals surface area contributed by atoms with Crippen LogP contribution in [0.15, 0.2) is 64.4 Å². The number of rotatable bonds is 2. The Bertz CT molecular complexity index is 508. The number of nitroso groups, excluding NO2 is 1. The Labute approximate surface area is 104 Å². The summed E-state index contributed by atoms with van der Waals surface area (Å²) in [6.07, 6.45) is 13.3. The number of nitrogens with zero attached hydrogens (tertiary/aromatic N) is 1. The summed E-state index contributed by atoms with van der Waals surface area (Å²) in [6.45, 7) is 0. The van der Waals surface area contributed by atoms with E-state index >= 15 is 0 Å². The molecule has 0 saturated heterocycles. The first kappa shape index (κ1) is 12.2. The van der Waals surface area contributed by atoms with Crippen molar-refractivity contribution in [2.45, 2.75) is 12.5 Å². The minimum atomic E-state index is -0.379. The lowest BCUT2D eigenvalue weighted by Crippen LogP contribution is -2.31. The second kappa shape index (κ2) is 5.37. The van der Waals surface area contributed by atoms with Gasteiger partial charge in [0.2, 0.25) is 0 Å². The zero-order valence-electron chi connectivity index (χ0n) is 9.67. The van der Waals surface area contributed by atoms with Gasteiger partial charge in [-0.05, 0) is 23.6 Å². The Kier molecular flexibility index (Phi) is 3.64. The molecule has 1 amide bonds. The molecular formula is C13H13N3O2. The van der Waals surface area contributed by atoms with E-state index in [-0.39, 0.29) is 11.9 Å².